The van der Waals surface area contributed by atoms with Gasteiger partial charge in [0.1, 0.15) is 5.75 Å². The number of nitrogens with two attached hydrogens (primary N) is 2. The normalized spacial score (nSPS) is 9.09. The van der Waals surface area contributed by atoms with E-state index < -0.39 is 0 Å². The maximum atomic E-state index is 8.82. The average molecular weight is 152 g/mol. The van der Waals surface area contributed by atoms with Crippen LogP contribution in [0.2, 0.25) is 0 Å². The van der Waals surface area contributed by atoms with Gasteiger partial charge in [-0.1, -0.05) is 0 Å². The lowest BCUT2D eigenvalue weighted by atomic mass is 10.4. The highest BCUT2D eigenvalue weighted by Crippen LogP contribution is 2.11. The Labute approximate surface area is 63.4 Å². The first-order valence-corrected chi connectivity index (χ1v) is 2.93. The maximum absolute atomic E-state index is 8.82. The Morgan fingerprint density at radius 2 is 2.18 bits per heavy atom. The molecule has 0 unspecified atom stereocenters. The maximum Gasteiger partial charge on any atom is 0.192 e. The molecule has 0 aliphatic carbocycles. The van der Waals surface area contributed by atoms with Gasteiger partial charge in [0.05, 0.1) is 6.20 Å². The van der Waals surface area contributed by atoms with Crippen LogP contribution >= 0.6 is 0 Å². The number of aliphatic imine (C=N–C) groups is 1. The van der Waals surface area contributed by atoms with Crippen molar-refractivity contribution in [1.82, 2.24) is 4.98 Å². The smallest absolute Gasteiger partial charge is 0.192 e. The molecule has 0 saturated heterocycles. The van der Waals surface area contributed by atoms with Crippen molar-refractivity contribution in [3.8, 4) is 5.75 Å². The van der Waals surface area contributed by atoms with Gasteiger partial charge in [-0.2, -0.15) is 4.99 Å². The van der Waals surface area contributed by atoms with Gasteiger partial charge in [-0.15, -0.1) is 0 Å². The average Bonchev–Trinajstić information content (AvgIpc) is 1.93. The van der Waals surface area contributed by atoms with Gasteiger partial charge in [0, 0.05) is 0 Å². The summed E-state index contributed by atoms with van der Waals surface area (Å²) in [6.07, 6.45) is 1.27. The van der Waals surface area contributed by atoms with Crippen LogP contribution in [0.1, 0.15) is 0 Å². The molecule has 0 bridgehead atoms. The lowest BCUT2D eigenvalue weighted by Crippen LogP contribution is -2.21. The summed E-state index contributed by atoms with van der Waals surface area (Å²) < 4.78 is 0. The highest BCUT2D eigenvalue weighted by Gasteiger charge is 1.90. The molecule has 1 heterocycles. The molecule has 1 rings (SSSR count). The molecule has 1 aromatic rings. The van der Waals surface area contributed by atoms with E-state index in [1.54, 1.807) is 0 Å². The fraction of sp³-hybridized carbons (Fsp3) is 0. The summed E-state index contributed by atoms with van der Waals surface area (Å²) >= 11 is 0. The summed E-state index contributed by atoms with van der Waals surface area (Å²) in [6, 6.07) is 2.96. The van der Waals surface area contributed by atoms with Crippen molar-refractivity contribution in [2.24, 2.45) is 16.5 Å². The lowest BCUT2D eigenvalue weighted by molar-refractivity contribution is 0.473. The highest BCUT2D eigenvalue weighted by atomic mass is 16.3. The fourth-order valence-electron chi connectivity index (χ4n) is 0.577. The van der Waals surface area contributed by atoms with E-state index in [1.807, 2.05) is 0 Å². The molecule has 0 saturated carbocycles. The van der Waals surface area contributed by atoms with Gasteiger partial charge < -0.3 is 16.6 Å². The van der Waals surface area contributed by atoms with Crippen molar-refractivity contribution in [3.63, 3.8) is 0 Å². The Hall–Kier alpha value is -1.78. The van der Waals surface area contributed by atoms with Crippen molar-refractivity contribution in [1.29, 1.82) is 0 Å². The Morgan fingerprint density at radius 1 is 1.45 bits per heavy atom. The summed E-state index contributed by atoms with van der Waals surface area (Å²) in [5, 5.41) is 8.82. The number of rotatable bonds is 1. The van der Waals surface area contributed by atoms with Crippen LogP contribution in [-0.2, 0) is 0 Å². The molecule has 11 heavy (non-hydrogen) atoms. The van der Waals surface area contributed by atoms with E-state index in [2.05, 4.69) is 9.98 Å². The number of nitrogens with zero attached hydrogens (tertiary/aromatic N) is 2. The molecule has 0 radical (unpaired) electrons. The number of pyridine rings is 1. The Kier molecular flexibility index (Phi) is 1.91. The molecular weight excluding hydrogens is 144 g/mol. The quantitative estimate of drug-likeness (QED) is 0.380. The lowest BCUT2D eigenvalue weighted by Gasteiger charge is -1.93. The first kappa shape index (κ1) is 7.33. The molecule has 58 valence electrons. The third kappa shape index (κ3) is 2.13. The Morgan fingerprint density at radius 3 is 2.64 bits per heavy atom. The van der Waals surface area contributed by atoms with Crippen LogP contribution < -0.4 is 11.5 Å². The van der Waals surface area contributed by atoms with Crippen LogP contribution in [0.5, 0.6) is 5.75 Å². The van der Waals surface area contributed by atoms with E-state index >= 15 is 0 Å². The van der Waals surface area contributed by atoms with Crippen molar-refractivity contribution in [3.05, 3.63) is 18.3 Å². The Bertz CT molecular complexity index is 262. The van der Waals surface area contributed by atoms with E-state index in [9.17, 15) is 0 Å². The largest absolute Gasteiger partial charge is 0.506 e. The van der Waals surface area contributed by atoms with E-state index in [-0.39, 0.29) is 11.7 Å². The Balaban J connectivity index is 2.91. The summed E-state index contributed by atoms with van der Waals surface area (Å²) in [4.78, 5) is 7.37. The number of hydrogen-bond acceptors (Lipinski definition) is 3. The molecule has 5 heteroatoms. The van der Waals surface area contributed by atoms with E-state index in [1.165, 1.54) is 18.3 Å². The SMILES string of the molecule is NC(N)=Nc1ccc(O)cn1. The van der Waals surface area contributed by atoms with Gasteiger partial charge in [0.2, 0.25) is 0 Å². The van der Waals surface area contributed by atoms with Crippen LogP contribution in [-0.4, -0.2) is 16.1 Å². The molecule has 0 aromatic carbocycles. The summed E-state index contributed by atoms with van der Waals surface area (Å²) in [5.74, 6) is 0.408. The first-order chi connectivity index (χ1) is 5.18. The standard InChI is InChI=1S/C6H8N4O/c7-6(8)10-5-2-1-4(11)3-9-5/h1-3,11H,(H4,7,8,9,10). The third-order valence-corrected chi connectivity index (χ3v) is 0.976. The van der Waals surface area contributed by atoms with E-state index in [4.69, 9.17) is 16.6 Å². The first-order valence-electron chi connectivity index (χ1n) is 2.93. The second-order valence-corrected chi connectivity index (χ2v) is 1.91. The minimum atomic E-state index is -0.0526. The van der Waals surface area contributed by atoms with Crippen molar-refractivity contribution >= 4 is 11.8 Å². The molecular formula is C6H8N4O. The van der Waals surface area contributed by atoms with Crippen molar-refractivity contribution in [2.75, 3.05) is 0 Å². The summed E-state index contributed by atoms with van der Waals surface area (Å²) in [7, 11) is 0. The molecule has 5 N–H and O–H groups in total. The van der Waals surface area contributed by atoms with Gasteiger partial charge in [-0.25, -0.2) is 4.98 Å². The zero-order valence-corrected chi connectivity index (χ0v) is 5.73. The van der Waals surface area contributed by atoms with Crippen LogP contribution in [0.15, 0.2) is 23.3 Å². The van der Waals surface area contributed by atoms with Crippen LogP contribution in [0.4, 0.5) is 5.82 Å². The van der Waals surface area contributed by atoms with E-state index in [0.29, 0.717) is 5.82 Å². The third-order valence-electron chi connectivity index (χ3n) is 0.976. The molecule has 1 aromatic heterocycles. The second-order valence-electron chi connectivity index (χ2n) is 1.91. The van der Waals surface area contributed by atoms with Crippen LogP contribution in [0.25, 0.3) is 0 Å². The van der Waals surface area contributed by atoms with E-state index in [0.717, 1.165) is 0 Å². The molecule has 0 aliphatic rings. The molecule has 5 nitrogen and oxygen atoms in total. The predicted molar refractivity (Wildman–Crippen MR) is 41.4 cm³/mol. The highest BCUT2D eigenvalue weighted by molar-refractivity contribution is 5.78. The molecule has 0 aliphatic heterocycles. The predicted octanol–water partition coefficient (Wildman–Crippen LogP) is -0.308. The number of aromatic nitrogens is 1. The van der Waals surface area contributed by atoms with Crippen molar-refractivity contribution < 1.29 is 5.11 Å². The molecule has 0 amide bonds. The number of hydrogen-bond donors (Lipinski definition) is 3. The van der Waals surface area contributed by atoms with Crippen molar-refractivity contribution in [2.45, 2.75) is 0 Å². The second kappa shape index (κ2) is 2.87. The number of aromatic hydroxyl groups is 1. The molecule has 0 spiro atoms. The molecule has 0 atom stereocenters. The van der Waals surface area contributed by atoms with Gasteiger partial charge >= 0.3 is 0 Å². The minimum Gasteiger partial charge on any atom is -0.506 e. The van der Waals surface area contributed by atoms with Gasteiger partial charge in [-0.05, 0) is 12.1 Å². The van der Waals surface area contributed by atoms with Gasteiger partial charge in [0.15, 0.2) is 11.8 Å². The molecule has 0 fully saturated rings. The minimum absolute atomic E-state index is 0.0526. The summed E-state index contributed by atoms with van der Waals surface area (Å²) in [6.45, 7) is 0. The topological polar surface area (TPSA) is 97.5 Å². The van der Waals surface area contributed by atoms with Crippen LogP contribution in [0.3, 0.4) is 0 Å². The number of guanidine groups is 1. The van der Waals surface area contributed by atoms with Crippen LogP contribution in [0, 0.1) is 0 Å². The van der Waals surface area contributed by atoms with Gasteiger partial charge in [0.25, 0.3) is 0 Å². The summed E-state index contributed by atoms with van der Waals surface area (Å²) in [5.41, 5.74) is 10.2. The monoisotopic (exact) mass is 152 g/mol. The van der Waals surface area contributed by atoms with Gasteiger partial charge in [-0.3, -0.25) is 0 Å². The fourth-order valence-corrected chi connectivity index (χ4v) is 0.577. The zero-order valence-electron chi connectivity index (χ0n) is 5.73. The zero-order chi connectivity index (χ0) is 8.27.